The van der Waals surface area contributed by atoms with Gasteiger partial charge in [0.25, 0.3) is 5.56 Å². The molecule has 3 aromatic rings. The van der Waals surface area contributed by atoms with Crippen molar-refractivity contribution in [1.82, 2.24) is 23.7 Å². The van der Waals surface area contributed by atoms with Crippen molar-refractivity contribution in [2.75, 3.05) is 5.32 Å². The highest BCUT2D eigenvalue weighted by Gasteiger charge is 2.34. The normalized spacial score (nSPS) is 15.5. The van der Waals surface area contributed by atoms with E-state index in [4.69, 9.17) is 0 Å². The number of anilines is 1. The number of aryl methyl sites for hydroxylation is 2. The van der Waals surface area contributed by atoms with Gasteiger partial charge in [-0.05, 0) is 11.8 Å². The van der Waals surface area contributed by atoms with E-state index in [1.807, 2.05) is 13.8 Å². The number of rotatable bonds is 3. The third kappa shape index (κ3) is 3.20. The molecule has 10 nitrogen and oxygen atoms in total. The first kappa shape index (κ1) is 19.2. The zero-order chi connectivity index (χ0) is 21.1. The van der Waals surface area contributed by atoms with Gasteiger partial charge >= 0.3 is 5.69 Å². The monoisotopic (exact) mass is 416 g/mol. The van der Waals surface area contributed by atoms with Crippen LogP contribution in [0, 0.1) is 5.41 Å². The van der Waals surface area contributed by atoms with Crippen LogP contribution in [0.4, 0.5) is 5.13 Å². The van der Waals surface area contributed by atoms with Crippen molar-refractivity contribution in [3.8, 4) is 0 Å². The van der Waals surface area contributed by atoms with E-state index in [1.54, 1.807) is 7.05 Å². The highest BCUT2D eigenvalue weighted by Crippen LogP contribution is 2.38. The molecule has 1 aliphatic carbocycles. The second kappa shape index (κ2) is 6.48. The minimum Gasteiger partial charge on any atom is -0.328 e. The van der Waals surface area contributed by atoms with E-state index in [0.717, 1.165) is 15.9 Å². The molecule has 0 aliphatic heterocycles. The van der Waals surface area contributed by atoms with Crippen molar-refractivity contribution < 1.29 is 9.59 Å². The van der Waals surface area contributed by atoms with Gasteiger partial charge in [0.1, 0.15) is 6.54 Å². The molecule has 0 saturated heterocycles. The number of hydrogen-bond donors (Lipinski definition) is 1. The maximum Gasteiger partial charge on any atom is 0.332 e. The van der Waals surface area contributed by atoms with Crippen LogP contribution in [-0.2, 0) is 31.9 Å². The first-order valence-electron chi connectivity index (χ1n) is 9.01. The van der Waals surface area contributed by atoms with Crippen LogP contribution in [0.3, 0.4) is 0 Å². The molecule has 0 atom stereocenters. The van der Waals surface area contributed by atoms with Crippen molar-refractivity contribution >= 4 is 39.3 Å². The number of thiazole rings is 1. The molecule has 1 amide bonds. The average Bonchev–Trinajstić information content (AvgIpc) is 3.19. The van der Waals surface area contributed by atoms with Crippen LogP contribution in [0.2, 0.25) is 0 Å². The molecule has 152 valence electrons. The van der Waals surface area contributed by atoms with Gasteiger partial charge in [-0.3, -0.25) is 19.0 Å². The Bertz CT molecular complexity index is 1290. The van der Waals surface area contributed by atoms with Crippen LogP contribution in [-0.4, -0.2) is 35.4 Å². The van der Waals surface area contributed by atoms with Gasteiger partial charge in [-0.2, -0.15) is 0 Å². The van der Waals surface area contributed by atoms with Crippen LogP contribution in [0.15, 0.2) is 15.9 Å². The summed E-state index contributed by atoms with van der Waals surface area (Å²) >= 11 is 1.12. The number of hydrogen-bond acceptors (Lipinski definition) is 7. The predicted octanol–water partition coefficient (Wildman–Crippen LogP) is 0.684. The summed E-state index contributed by atoms with van der Waals surface area (Å²) in [6.45, 7) is 3.54. The summed E-state index contributed by atoms with van der Waals surface area (Å²) in [5.74, 6) is -0.551. The molecular weight excluding hydrogens is 396 g/mol. The number of carbonyl (C=O) groups excluding carboxylic acids is 2. The molecule has 4 rings (SSSR count). The van der Waals surface area contributed by atoms with Gasteiger partial charge in [-0.1, -0.05) is 25.2 Å². The second-order valence-electron chi connectivity index (χ2n) is 8.04. The zero-order valence-electron chi connectivity index (χ0n) is 16.5. The summed E-state index contributed by atoms with van der Waals surface area (Å²) in [7, 11) is 3.14. The van der Waals surface area contributed by atoms with Crippen LogP contribution in [0.1, 0.15) is 35.6 Å². The zero-order valence-corrected chi connectivity index (χ0v) is 17.3. The largest absolute Gasteiger partial charge is 0.332 e. The standard InChI is InChI=1S/C18H20N6O4S/c1-18(2)5-9-13(10(25)6-18)29-16(20-9)21-11(26)7-24-15(27)12-14(19-8-22(12)3)23(4)17(24)28/h8H,5-7H2,1-4H3,(H,20,21,26). The Kier molecular flexibility index (Phi) is 4.30. The molecule has 0 radical (unpaired) electrons. The van der Waals surface area contributed by atoms with Gasteiger partial charge in [-0.25, -0.2) is 19.3 Å². The smallest absolute Gasteiger partial charge is 0.328 e. The molecule has 1 N–H and O–H groups in total. The Morgan fingerprint density at radius 2 is 1.97 bits per heavy atom. The van der Waals surface area contributed by atoms with E-state index in [0.29, 0.717) is 23.4 Å². The maximum atomic E-state index is 12.7. The summed E-state index contributed by atoms with van der Waals surface area (Å²) in [5.41, 5.74) is -0.223. The number of amides is 1. The molecule has 3 aromatic heterocycles. The Balaban J connectivity index is 1.62. The molecule has 0 aromatic carbocycles. The van der Waals surface area contributed by atoms with Crippen LogP contribution >= 0.6 is 11.3 Å². The maximum absolute atomic E-state index is 12.7. The minimum absolute atomic E-state index is 0.0148. The van der Waals surface area contributed by atoms with E-state index in [-0.39, 0.29) is 27.5 Å². The van der Waals surface area contributed by atoms with Crippen molar-refractivity contribution in [1.29, 1.82) is 0 Å². The lowest BCUT2D eigenvalue weighted by atomic mass is 9.78. The fraction of sp³-hybridized carbons (Fsp3) is 0.444. The average molecular weight is 416 g/mol. The van der Waals surface area contributed by atoms with E-state index in [1.165, 1.54) is 22.5 Å². The van der Waals surface area contributed by atoms with Gasteiger partial charge in [0, 0.05) is 20.5 Å². The molecule has 1 aliphatic rings. The number of ketones is 1. The molecule has 3 heterocycles. The molecule has 11 heteroatoms. The topological polar surface area (TPSA) is 121 Å². The number of Topliss-reactive ketones (excluding diaryl/α,β-unsaturated/α-hetero) is 1. The summed E-state index contributed by atoms with van der Waals surface area (Å²) in [6.07, 6.45) is 2.53. The van der Waals surface area contributed by atoms with Crippen LogP contribution in [0.5, 0.6) is 0 Å². The van der Waals surface area contributed by atoms with E-state index < -0.39 is 23.7 Å². The summed E-state index contributed by atoms with van der Waals surface area (Å²) in [4.78, 5) is 59.0. The minimum atomic E-state index is -0.633. The number of aromatic nitrogens is 5. The van der Waals surface area contributed by atoms with Crippen LogP contribution in [0.25, 0.3) is 11.2 Å². The molecule has 29 heavy (non-hydrogen) atoms. The highest BCUT2D eigenvalue weighted by molar-refractivity contribution is 7.17. The Hall–Kier alpha value is -3.08. The third-order valence-electron chi connectivity index (χ3n) is 4.98. The highest BCUT2D eigenvalue weighted by atomic mass is 32.1. The van der Waals surface area contributed by atoms with Gasteiger partial charge in [0.2, 0.25) is 5.91 Å². The molecule has 0 unspecified atom stereocenters. The molecule has 0 bridgehead atoms. The Labute approximate surface area is 168 Å². The summed E-state index contributed by atoms with van der Waals surface area (Å²) in [6, 6.07) is 0. The SMILES string of the molecule is Cn1cnc2c1c(=O)n(CC(=O)Nc1nc3c(s1)C(=O)CC(C)(C)C3)c(=O)n2C. The first-order valence-corrected chi connectivity index (χ1v) is 9.82. The van der Waals surface area contributed by atoms with E-state index in [9.17, 15) is 19.2 Å². The lowest BCUT2D eigenvalue weighted by Crippen LogP contribution is -2.42. The Morgan fingerprint density at radius 1 is 1.24 bits per heavy atom. The summed E-state index contributed by atoms with van der Waals surface area (Å²) < 4.78 is 3.60. The number of imidazole rings is 1. The van der Waals surface area contributed by atoms with Gasteiger partial charge < -0.3 is 9.88 Å². The molecule has 0 spiro atoms. The number of nitrogens with zero attached hydrogens (tertiary/aromatic N) is 5. The van der Waals surface area contributed by atoms with Gasteiger partial charge in [0.05, 0.1) is 16.9 Å². The lowest BCUT2D eigenvalue weighted by Gasteiger charge is -2.26. The fourth-order valence-electron chi connectivity index (χ4n) is 3.61. The lowest BCUT2D eigenvalue weighted by molar-refractivity contribution is -0.116. The second-order valence-corrected chi connectivity index (χ2v) is 9.04. The molecule has 0 fully saturated rings. The quantitative estimate of drug-likeness (QED) is 0.670. The van der Waals surface area contributed by atoms with Crippen molar-refractivity contribution in [2.24, 2.45) is 19.5 Å². The number of nitrogens with one attached hydrogen (secondary N) is 1. The van der Waals surface area contributed by atoms with Crippen LogP contribution < -0.4 is 16.6 Å². The Morgan fingerprint density at radius 3 is 2.69 bits per heavy atom. The predicted molar refractivity (Wildman–Crippen MR) is 107 cm³/mol. The molecule has 0 saturated carbocycles. The number of fused-ring (bicyclic) bond motifs is 2. The van der Waals surface area contributed by atoms with E-state index in [2.05, 4.69) is 15.3 Å². The third-order valence-corrected chi connectivity index (χ3v) is 6.04. The fourth-order valence-corrected chi connectivity index (χ4v) is 4.55. The van der Waals surface area contributed by atoms with Crippen molar-refractivity contribution in [3.63, 3.8) is 0 Å². The van der Waals surface area contributed by atoms with Gasteiger partial charge in [0.15, 0.2) is 22.1 Å². The summed E-state index contributed by atoms with van der Waals surface area (Å²) in [5, 5.41) is 2.90. The molecular formula is C18H20N6O4S. The van der Waals surface area contributed by atoms with E-state index >= 15 is 0 Å². The van der Waals surface area contributed by atoms with Crippen molar-refractivity contribution in [2.45, 2.75) is 33.2 Å². The number of carbonyl (C=O) groups is 2. The van der Waals surface area contributed by atoms with Gasteiger partial charge in [-0.15, -0.1) is 0 Å². The van der Waals surface area contributed by atoms with Crippen molar-refractivity contribution in [3.05, 3.63) is 37.7 Å². The first-order chi connectivity index (χ1) is 13.6.